The molecule has 0 spiro atoms. The number of likely N-dealkylation sites (tertiary alicyclic amines) is 1. The number of methoxy groups -OCH3 is 1. The van der Waals surface area contributed by atoms with E-state index >= 15 is 0 Å². The topological polar surface area (TPSA) is 88.1 Å². The molecule has 1 rings (SSSR count). The van der Waals surface area contributed by atoms with Crippen molar-refractivity contribution in [1.82, 2.24) is 10.2 Å². The number of carbonyl (C=O) groups excluding carboxylic acids is 1. The predicted octanol–water partition coefficient (Wildman–Crippen LogP) is 0.933. The second-order valence-electron chi connectivity index (χ2n) is 5.65. The molecule has 1 fully saturated rings. The molecular formula is C14H26N2O5. The van der Waals surface area contributed by atoms with Crippen LogP contribution in [0.25, 0.3) is 0 Å². The number of aliphatic carboxylic acids is 1. The van der Waals surface area contributed by atoms with E-state index in [-0.39, 0.29) is 24.8 Å². The zero-order chi connectivity index (χ0) is 15.8. The molecule has 1 unspecified atom stereocenters. The molecule has 1 aliphatic heterocycles. The van der Waals surface area contributed by atoms with Crippen LogP contribution in [0.3, 0.4) is 0 Å². The molecule has 7 nitrogen and oxygen atoms in total. The molecule has 0 aromatic heterocycles. The van der Waals surface area contributed by atoms with Gasteiger partial charge in [-0.05, 0) is 18.8 Å². The van der Waals surface area contributed by atoms with Gasteiger partial charge in [-0.3, -0.25) is 0 Å². The molecule has 0 saturated carbocycles. The van der Waals surface area contributed by atoms with E-state index in [1.807, 2.05) is 13.8 Å². The van der Waals surface area contributed by atoms with Crippen LogP contribution in [0, 0.1) is 5.92 Å². The van der Waals surface area contributed by atoms with Crippen molar-refractivity contribution in [3.63, 3.8) is 0 Å². The number of hydrogen-bond donors (Lipinski definition) is 2. The standard InChI is InChI=1S/C14H26N2O5/c1-10(2)12(8-20-3)15-14(19)16-6-4-11(5-7-16)21-9-13(17)18/h10-12H,4-9H2,1-3H3,(H,15,19)(H,17,18). The summed E-state index contributed by atoms with van der Waals surface area (Å²) in [6.45, 7) is 5.44. The third kappa shape index (κ3) is 6.31. The molecule has 122 valence electrons. The van der Waals surface area contributed by atoms with Gasteiger partial charge in [0.25, 0.3) is 0 Å². The third-order valence-corrected chi connectivity index (χ3v) is 3.63. The maximum atomic E-state index is 12.2. The Balaban J connectivity index is 2.35. The van der Waals surface area contributed by atoms with Gasteiger partial charge in [0.15, 0.2) is 0 Å². The molecular weight excluding hydrogens is 276 g/mol. The molecule has 2 amide bonds. The quantitative estimate of drug-likeness (QED) is 0.730. The zero-order valence-electron chi connectivity index (χ0n) is 13.0. The lowest BCUT2D eigenvalue weighted by atomic mass is 10.1. The lowest BCUT2D eigenvalue weighted by Crippen LogP contribution is -2.51. The average Bonchev–Trinajstić information content (AvgIpc) is 2.45. The third-order valence-electron chi connectivity index (χ3n) is 3.63. The largest absolute Gasteiger partial charge is 0.480 e. The molecule has 1 aliphatic rings. The van der Waals surface area contributed by atoms with Gasteiger partial charge in [0.05, 0.1) is 18.8 Å². The van der Waals surface area contributed by atoms with Gasteiger partial charge in [-0.1, -0.05) is 13.8 Å². The molecule has 1 saturated heterocycles. The van der Waals surface area contributed by atoms with Crippen LogP contribution in [-0.2, 0) is 14.3 Å². The van der Waals surface area contributed by atoms with E-state index in [9.17, 15) is 9.59 Å². The van der Waals surface area contributed by atoms with Crippen molar-refractivity contribution in [1.29, 1.82) is 0 Å². The first-order chi connectivity index (χ1) is 9.93. The summed E-state index contributed by atoms with van der Waals surface area (Å²) in [7, 11) is 1.62. The summed E-state index contributed by atoms with van der Waals surface area (Å²) in [5, 5.41) is 11.6. The number of rotatable bonds is 7. The summed E-state index contributed by atoms with van der Waals surface area (Å²) in [6, 6.07) is -0.106. The summed E-state index contributed by atoms with van der Waals surface area (Å²) < 4.78 is 10.4. The summed E-state index contributed by atoms with van der Waals surface area (Å²) >= 11 is 0. The molecule has 0 aromatic rings. The van der Waals surface area contributed by atoms with E-state index in [0.29, 0.717) is 38.5 Å². The Morgan fingerprint density at radius 1 is 1.33 bits per heavy atom. The minimum atomic E-state index is -0.963. The van der Waals surface area contributed by atoms with Crippen molar-refractivity contribution >= 4 is 12.0 Å². The second kappa shape index (κ2) is 8.84. The van der Waals surface area contributed by atoms with Gasteiger partial charge < -0.3 is 24.8 Å². The Hall–Kier alpha value is -1.34. The maximum absolute atomic E-state index is 12.2. The van der Waals surface area contributed by atoms with Gasteiger partial charge in [0.1, 0.15) is 6.61 Å². The molecule has 2 N–H and O–H groups in total. The van der Waals surface area contributed by atoms with Gasteiger partial charge in [0.2, 0.25) is 0 Å². The lowest BCUT2D eigenvalue weighted by molar-refractivity contribution is -0.145. The molecule has 21 heavy (non-hydrogen) atoms. The average molecular weight is 302 g/mol. The molecule has 7 heteroatoms. The van der Waals surface area contributed by atoms with Crippen LogP contribution in [-0.4, -0.2) is 67.6 Å². The van der Waals surface area contributed by atoms with Gasteiger partial charge >= 0.3 is 12.0 Å². The van der Waals surface area contributed by atoms with E-state index in [1.54, 1.807) is 12.0 Å². The first-order valence-corrected chi connectivity index (χ1v) is 7.31. The number of carbonyl (C=O) groups is 2. The monoisotopic (exact) mass is 302 g/mol. The maximum Gasteiger partial charge on any atom is 0.329 e. The number of amides is 2. The first kappa shape index (κ1) is 17.7. The number of ether oxygens (including phenoxy) is 2. The van der Waals surface area contributed by atoms with Crippen LogP contribution >= 0.6 is 0 Å². The number of hydrogen-bond acceptors (Lipinski definition) is 4. The van der Waals surface area contributed by atoms with Crippen molar-refractivity contribution < 1.29 is 24.2 Å². The van der Waals surface area contributed by atoms with E-state index in [2.05, 4.69) is 5.32 Å². The predicted molar refractivity (Wildman–Crippen MR) is 77.2 cm³/mol. The van der Waals surface area contributed by atoms with Crippen LogP contribution in [0.1, 0.15) is 26.7 Å². The molecule has 1 heterocycles. The van der Waals surface area contributed by atoms with Crippen LogP contribution in [0.5, 0.6) is 0 Å². The zero-order valence-corrected chi connectivity index (χ0v) is 13.0. The normalized spacial score (nSPS) is 17.8. The minimum absolute atomic E-state index is 0.0107. The fraction of sp³-hybridized carbons (Fsp3) is 0.857. The van der Waals surface area contributed by atoms with Crippen LogP contribution in [0.15, 0.2) is 0 Å². The lowest BCUT2D eigenvalue weighted by Gasteiger charge is -2.33. The number of piperidine rings is 1. The Kier molecular flexibility index (Phi) is 7.45. The van der Waals surface area contributed by atoms with Crippen molar-refractivity contribution in [2.45, 2.75) is 38.8 Å². The number of nitrogens with one attached hydrogen (secondary N) is 1. The molecule has 0 aromatic carbocycles. The van der Waals surface area contributed by atoms with Gasteiger partial charge in [-0.25, -0.2) is 9.59 Å². The van der Waals surface area contributed by atoms with E-state index in [4.69, 9.17) is 14.6 Å². The number of carboxylic acid groups (broad SMARTS) is 1. The highest BCUT2D eigenvalue weighted by atomic mass is 16.5. The van der Waals surface area contributed by atoms with E-state index in [1.165, 1.54) is 0 Å². The SMILES string of the molecule is COCC(NC(=O)N1CCC(OCC(=O)O)CC1)C(C)C. The molecule has 0 bridgehead atoms. The Labute approximate surface area is 125 Å². The van der Waals surface area contributed by atoms with Crippen LogP contribution in [0.2, 0.25) is 0 Å². The summed E-state index contributed by atoms with van der Waals surface area (Å²) in [5.74, 6) is -0.667. The minimum Gasteiger partial charge on any atom is -0.480 e. The van der Waals surface area contributed by atoms with Gasteiger partial charge in [-0.15, -0.1) is 0 Å². The number of nitrogens with zero attached hydrogens (tertiary/aromatic N) is 1. The Morgan fingerprint density at radius 3 is 2.43 bits per heavy atom. The highest BCUT2D eigenvalue weighted by Gasteiger charge is 2.25. The summed E-state index contributed by atoms with van der Waals surface area (Å²) in [5.41, 5.74) is 0. The van der Waals surface area contributed by atoms with E-state index < -0.39 is 5.97 Å². The van der Waals surface area contributed by atoms with Crippen LogP contribution < -0.4 is 5.32 Å². The molecule has 0 aliphatic carbocycles. The smallest absolute Gasteiger partial charge is 0.329 e. The number of urea groups is 1. The van der Waals surface area contributed by atoms with E-state index in [0.717, 1.165) is 0 Å². The first-order valence-electron chi connectivity index (χ1n) is 7.31. The fourth-order valence-electron chi connectivity index (χ4n) is 2.24. The summed E-state index contributed by atoms with van der Waals surface area (Å²) in [4.78, 5) is 24.4. The van der Waals surface area contributed by atoms with Crippen molar-refractivity contribution in [2.24, 2.45) is 5.92 Å². The highest BCUT2D eigenvalue weighted by molar-refractivity contribution is 5.74. The molecule has 1 atom stereocenters. The van der Waals surface area contributed by atoms with Crippen LogP contribution in [0.4, 0.5) is 4.79 Å². The molecule has 0 radical (unpaired) electrons. The van der Waals surface area contributed by atoms with Gasteiger partial charge in [0, 0.05) is 20.2 Å². The Bertz CT molecular complexity index is 340. The highest BCUT2D eigenvalue weighted by Crippen LogP contribution is 2.14. The Morgan fingerprint density at radius 2 is 1.95 bits per heavy atom. The van der Waals surface area contributed by atoms with Crippen molar-refractivity contribution in [3.05, 3.63) is 0 Å². The van der Waals surface area contributed by atoms with Crippen molar-refractivity contribution in [2.75, 3.05) is 33.4 Å². The summed E-state index contributed by atoms with van der Waals surface area (Å²) in [6.07, 6.45) is 1.25. The fourth-order valence-corrected chi connectivity index (χ4v) is 2.24. The van der Waals surface area contributed by atoms with Gasteiger partial charge in [-0.2, -0.15) is 0 Å². The van der Waals surface area contributed by atoms with Crippen molar-refractivity contribution in [3.8, 4) is 0 Å². The second-order valence-corrected chi connectivity index (χ2v) is 5.65. The number of carboxylic acids is 1.